The first-order chi connectivity index (χ1) is 13.6. The molecule has 0 saturated carbocycles. The summed E-state index contributed by atoms with van der Waals surface area (Å²) in [7, 11) is 0. The second-order valence-electron chi connectivity index (χ2n) is 6.28. The van der Waals surface area contributed by atoms with Crippen molar-refractivity contribution in [2.75, 3.05) is 6.79 Å². The number of fused-ring (bicyclic) bond motifs is 4. The van der Waals surface area contributed by atoms with E-state index in [0.717, 1.165) is 0 Å². The minimum atomic E-state index is -0.779. The summed E-state index contributed by atoms with van der Waals surface area (Å²) in [5.74, 6) is 0.549. The highest BCUT2D eigenvalue weighted by Gasteiger charge is 2.37. The zero-order valence-electron chi connectivity index (χ0n) is 14.2. The van der Waals surface area contributed by atoms with E-state index in [2.05, 4.69) is 22.0 Å². The van der Waals surface area contributed by atoms with Gasteiger partial charge in [0.25, 0.3) is 0 Å². The van der Waals surface area contributed by atoms with Gasteiger partial charge in [-0.05, 0) is 29.8 Å². The number of nitrogens with two attached hydrogens (primary N) is 1. The van der Waals surface area contributed by atoms with Gasteiger partial charge in [0.05, 0.1) is 16.9 Å². The van der Waals surface area contributed by atoms with E-state index in [1.54, 1.807) is 36.4 Å². The lowest BCUT2D eigenvalue weighted by Gasteiger charge is -2.26. The Morgan fingerprint density at radius 1 is 1.18 bits per heavy atom. The molecule has 0 aliphatic carbocycles. The van der Waals surface area contributed by atoms with Crippen molar-refractivity contribution in [2.45, 2.75) is 5.92 Å². The number of hydrogen-bond acceptors (Lipinski definition) is 7. The lowest BCUT2D eigenvalue weighted by molar-refractivity contribution is 0.174. The number of allylic oxidation sites excluding steroid dienone is 1. The average molecular weight is 439 g/mol. The van der Waals surface area contributed by atoms with E-state index in [1.165, 1.54) is 0 Å². The second-order valence-corrected chi connectivity index (χ2v) is 7.13. The molecule has 2 aliphatic rings. The minimum Gasteiger partial charge on any atom is -0.454 e. The fourth-order valence-corrected chi connectivity index (χ4v) is 4.08. The predicted octanol–water partition coefficient (Wildman–Crippen LogP) is 3.50. The van der Waals surface area contributed by atoms with E-state index in [4.69, 9.17) is 24.4 Å². The van der Waals surface area contributed by atoms with Crippen LogP contribution in [0.15, 0.2) is 61.5 Å². The number of rotatable bonds is 1. The Kier molecular flexibility index (Phi) is 3.60. The molecule has 1 unspecified atom stereocenters. The van der Waals surface area contributed by atoms with E-state index in [9.17, 15) is 10.1 Å². The molecule has 0 radical (unpaired) electrons. The number of ether oxygens (including phenoxy) is 3. The first kappa shape index (κ1) is 16.7. The van der Waals surface area contributed by atoms with Crippen LogP contribution in [-0.4, -0.2) is 6.79 Å². The van der Waals surface area contributed by atoms with Crippen molar-refractivity contribution in [1.29, 1.82) is 5.26 Å². The molecule has 0 saturated heterocycles. The summed E-state index contributed by atoms with van der Waals surface area (Å²) in [6.45, 7) is 0.103. The second kappa shape index (κ2) is 6.04. The molecule has 3 aromatic rings. The van der Waals surface area contributed by atoms with Gasteiger partial charge < -0.3 is 24.4 Å². The van der Waals surface area contributed by atoms with Crippen molar-refractivity contribution >= 4 is 26.9 Å². The van der Waals surface area contributed by atoms with Gasteiger partial charge in [0.15, 0.2) is 17.2 Å². The zero-order valence-corrected chi connectivity index (χ0v) is 15.8. The van der Waals surface area contributed by atoms with Crippen LogP contribution in [0.4, 0.5) is 0 Å². The van der Waals surface area contributed by atoms with Gasteiger partial charge in [-0.2, -0.15) is 5.26 Å². The van der Waals surface area contributed by atoms with E-state index in [0.29, 0.717) is 32.5 Å². The van der Waals surface area contributed by atoms with Crippen LogP contribution < -0.4 is 25.6 Å². The fourth-order valence-electron chi connectivity index (χ4n) is 3.53. The van der Waals surface area contributed by atoms with Crippen LogP contribution >= 0.6 is 15.9 Å². The Morgan fingerprint density at radius 2 is 1.93 bits per heavy atom. The van der Waals surface area contributed by atoms with Gasteiger partial charge in [-0.1, -0.05) is 28.1 Å². The maximum Gasteiger partial charge on any atom is 0.344 e. The van der Waals surface area contributed by atoms with Crippen molar-refractivity contribution in [1.82, 2.24) is 0 Å². The van der Waals surface area contributed by atoms with Gasteiger partial charge in [-0.15, -0.1) is 0 Å². The van der Waals surface area contributed by atoms with Crippen LogP contribution in [0, 0.1) is 11.3 Å². The highest BCUT2D eigenvalue weighted by Crippen LogP contribution is 2.48. The molecule has 0 amide bonds. The number of halogens is 1. The molecule has 138 valence electrons. The quantitative estimate of drug-likeness (QED) is 0.579. The monoisotopic (exact) mass is 438 g/mol. The van der Waals surface area contributed by atoms with Crippen LogP contribution in [0.25, 0.3) is 11.0 Å². The first-order valence-corrected chi connectivity index (χ1v) is 9.10. The summed E-state index contributed by atoms with van der Waals surface area (Å²) < 4.78 is 22.7. The molecule has 3 heterocycles. The van der Waals surface area contributed by atoms with Crippen LogP contribution in [0.5, 0.6) is 17.2 Å². The summed E-state index contributed by atoms with van der Waals surface area (Å²) in [5, 5.41) is 10.3. The summed E-state index contributed by atoms with van der Waals surface area (Å²) in [4.78, 5) is 12.9. The molecule has 7 nitrogen and oxygen atoms in total. The molecule has 5 rings (SSSR count). The van der Waals surface area contributed by atoms with E-state index < -0.39 is 11.5 Å². The number of hydrogen-bond donors (Lipinski definition) is 1. The first-order valence-electron chi connectivity index (χ1n) is 8.31. The van der Waals surface area contributed by atoms with Gasteiger partial charge in [-0.25, -0.2) is 4.79 Å². The fraction of sp³-hybridized carbons (Fsp3) is 0.100. The topological polar surface area (TPSA) is 108 Å². The maximum atomic E-state index is 12.9. The Morgan fingerprint density at radius 3 is 2.71 bits per heavy atom. The number of benzene rings is 2. The van der Waals surface area contributed by atoms with Crippen molar-refractivity contribution < 1.29 is 18.6 Å². The van der Waals surface area contributed by atoms with E-state index in [-0.39, 0.29) is 29.6 Å². The maximum absolute atomic E-state index is 12.9. The molecule has 28 heavy (non-hydrogen) atoms. The molecule has 0 bridgehead atoms. The number of nitrogens with zero attached hydrogens (tertiary/aromatic N) is 1. The standard InChI is InChI=1S/C20H11BrN2O5/c21-12-6-15-14(25-8-26-15)5-10(12)16-11(7-22)19(23)28-18-9-3-1-2-4-13(9)27-20(24)17(16)18/h1-6,16H,8,23H2. The van der Waals surface area contributed by atoms with Crippen molar-refractivity contribution in [3.05, 3.63) is 73.9 Å². The van der Waals surface area contributed by atoms with Crippen molar-refractivity contribution in [3.8, 4) is 23.3 Å². The molecule has 0 spiro atoms. The molecular formula is C20H11BrN2O5. The largest absolute Gasteiger partial charge is 0.454 e. The van der Waals surface area contributed by atoms with Gasteiger partial charge in [0.1, 0.15) is 17.2 Å². The van der Waals surface area contributed by atoms with Crippen molar-refractivity contribution in [2.24, 2.45) is 5.73 Å². The third-order valence-corrected chi connectivity index (χ3v) is 5.46. The molecule has 2 N–H and O–H groups in total. The van der Waals surface area contributed by atoms with Gasteiger partial charge in [-0.3, -0.25) is 0 Å². The SMILES string of the molecule is N#CC1=C(N)Oc2c(c(=O)oc3ccccc23)C1c1cc2c(cc1Br)OCO2. The summed E-state index contributed by atoms with van der Waals surface area (Å²) in [6, 6.07) is 12.5. The third-order valence-electron chi connectivity index (χ3n) is 4.78. The lowest BCUT2D eigenvalue weighted by Crippen LogP contribution is -2.26. The highest BCUT2D eigenvalue weighted by molar-refractivity contribution is 9.10. The summed E-state index contributed by atoms with van der Waals surface area (Å²) >= 11 is 3.51. The van der Waals surface area contributed by atoms with Crippen LogP contribution in [0.3, 0.4) is 0 Å². The Balaban J connectivity index is 1.85. The van der Waals surface area contributed by atoms with Gasteiger partial charge >= 0.3 is 5.63 Å². The zero-order chi connectivity index (χ0) is 19.4. The Labute approximate surface area is 166 Å². The van der Waals surface area contributed by atoms with Crippen LogP contribution in [-0.2, 0) is 0 Å². The smallest absolute Gasteiger partial charge is 0.344 e. The molecule has 1 aromatic heterocycles. The average Bonchev–Trinajstić information content (AvgIpc) is 3.13. The van der Waals surface area contributed by atoms with Crippen LogP contribution in [0.2, 0.25) is 0 Å². The minimum absolute atomic E-state index is 0.0553. The summed E-state index contributed by atoms with van der Waals surface area (Å²) in [5.41, 5.74) is 6.80. The van der Waals surface area contributed by atoms with E-state index >= 15 is 0 Å². The van der Waals surface area contributed by atoms with Gasteiger partial charge in [0.2, 0.25) is 12.7 Å². The highest BCUT2D eigenvalue weighted by atomic mass is 79.9. The number of para-hydroxylation sites is 1. The molecule has 1 atom stereocenters. The Hall–Kier alpha value is -3.44. The molecule has 8 heteroatoms. The Bertz CT molecular complexity index is 1290. The third kappa shape index (κ3) is 2.30. The predicted molar refractivity (Wildman–Crippen MR) is 102 cm³/mol. The molecule has 2 aliphatic heterocycles. The molecule has 0 fully saturated rings. The van der Waals surface area contributed by atoms with Gasteiger partial charge in [0, 0.05) is 4.47 Å². The van der Waals surface area contributed by atoms with E-state index in [1.807, 2.05) is 0 Å². The lowest BCUT2D eigenvalue weighted by atomic mass is 9.83. The molecule has 2 aromatic carbocycles. The van der Waals surface area contributed by atoms with Crippen LogP contribution in [0.1, 0.15) is 17.0 Å². The number of nitriles is 1. The van der Waals surface area contributed by atoms with Crippen molar-refractivity contribution in [3.63, 3.8) is 0 Å². The normalized spacial score (nSPS) is 17.2. The summed E-state index contributed by atoms with van der Waals surface area (Å²) in [6.07, 6.45) is 0. The molecular weight excluding hydrogens is 428 g/mol.